The van der Waals surface area contributed by atoms with Crippen molar-refractivity contribution in [1.82, 2.24) is 5.32 Å². The minimum absolute atomic E-state index is 0.169. The van der Waals surface area contributed by atoms with Crippen LogP contribution in [0.15, 0.2) is 24.3 Å². The lowest BCUT2D eigenvalue weighted by atomic mass is 10.2. The minimum atomic E-state index is -0.169. The standard InChI is InChI=1S/C12H16N2O2/c15-11-7-5-10(6-8-11)14-12(16)13-9-3-1-2-4-9/h5-9,15H,1-4H2,(H2,13,14,16). The zero-order valence-electron chi connectivity index (χ0n) is 9.07. The van der Waals surface area contributed by atoms with Crippen LogP contribution in [0.5, 0.6) is 5.75 Å². The number of urea groups is 1. The van der Waals surface area contributed by atoms with Gasteiger partial charge < -0.3 is 15.7 Å². The highest BCUT2D eigenvalue weighted by Gasteiger charge is 2.16. The third kappa shape index (κ3) is 2.89. The summed E-state index contributed by atoms with van der Waals surface area (Å²) >= 11 is 0. The molecule has 2 rings (SSSR count). The lowest BCUT2D eigenvalue weighted by Crippen LogP contribution is -2.36. The first-order valence-corrected chi connectivity index (χ1v) is 5.60. The zero-order valence-corrected chi connectivity index (χ0v) is 9.07. The highest BCUT2D eigenvalue weighted by Crippen LogP contribution is 2.18. The van der Waals surface area contributed by atoms with Crippen LogP contribution in [0, 0.1) is 0 Å². The average molecular weight is 220 g/mol. The van der Waals surface area contributed by atoms with Gasteiger partial charge in [0.15, 0.2) is 0 Å². The number of amides is 2. The molecule has 0 bridgehead atoms. The number of rotatable bonds is 2. The molecule has 0 atom stereocenters. The van der Waals surface area contributed by atoms with Crippen molar-refractivity contribution in [3.8, 4) is 5.75 Å². The van der Waals surface area contributed by atoms with Crippen LogP contribution in [0.25, 0.3) is 0 Å². The van der Waals surface area contributed by atoms with E-state index in [0.29, 0.717) is 11.7 Å². The van der Waals surface area contributed by atoms with Gasteiger partial charge in [0.05, 0.1) is 0 Å². The summed E-state index contributed by atoms with van der Waals surface area (Å²) in [7, 11) is 0. The van der Waals surface area contributed by atoms with Crippen LogP contribution in [-0.2, 0) is 0 Å². The zero-order chi connectivity index (χ0) is 11.4. The molecule has 1 saturated carbocycles. The van der Waals surface area contributed by atoms with Crippen LogP contribution < -0.4 is 10.6 Å². The number of carbonyl (C=O) groups is 1. The van der Waals surface area contributed by atoms with Crippen LogP contribution in [0.2, 0.25) is 0 Å². The molecule has 0 aromatic heterocycles. The van der Waals surface area contributed by atoms with E-state index in [-0.39, 0.29) is 11.8 Å². The summed E-state index contributed by atoms with van der Waals surface area (Å²) in [4.78, 5) is 11.6. The summed E-state index contributed by atoms with van der Waals surface area (Å²) in [6.45, 7) is 0. The van der Waals surface area contributed by atoms with Gasteiger partial charge in [-0.3, -0.25) is 0 Å². The van der Waals surface area contributed by atoms with E-state index < -0.39 is 0 Å². The minimum Gasteiger partial charge on any atom is -0.508 e. The smallest absolute Gasteiger partial charge is 0.319 e. The molecule has 3 N–H and O–H groups in total. The van der Waals surface area contributed by atoms with Crippen molar-refractivity contribution < 1.29 is 9.90 Å². The first-order valence-electron chi connectivity index (χ1n) is 5.60. The van der Waals surface area contributed by atoms with E-state index in [9.17, 15) is 4.79 Å². The molecular weight excluding hydrogens is 204 g/mol. The number of hydrogen-bond donors (Lipinski definition) is 3. The van der Waals surface area contributed by atoms with Crippen molar-refractivity contribution >= 4 is 11.7 Å². The monoisotopic (exact) mass is 220 g/mol. The molecule has 1 aliphatic carbocycles. The van der Waals surface area contributed by atoms with Gasteiger partial charge in [-0.25, -0.2) is 4.79 Å². The van der Waals surface area contributed by atoms with Gasteiger partial charge in [0.2, 0.25) is 0 Å². The Morgan fingerprint density at radius 1 is 1.19 bits per heavy atom. The molecule has 1 fully saturated rings. The van der Waals surface area contributed by atoms with Gasteiger partial charge in [0.1, 0.15) is 5.75 Å². The van der Waals surface area contributed by atoms with Gasteiger partial charge in [-0.1, -0.05) is 12.8 Å². The van der Waals surface area contributed by atoms with E-state index in [1.165, 1.54) is 12.8 Å². The fraction of sp³-hybridized carbons (Fsp3) is 0.417. The maximum Gasteiger partial charge on any atom is 0.319 e. The van der Waals surface area contributed by atoms with Crippen LogP contribution in [-0.4, -0.2) is 17.2 Å². The number of benzene rings is 1. The highest BCUT2D eigenvalue weighted by molar-refractivity contribution is 5.89. The van der Waals surface area contributed by atoms with E-state index in [2.05, 4.69) is 10.6 Å². The number of phenolic OH excluding ortho intramolecular Hbond substituents is 1. The topological polar surface area (TPSA) is 61.4 Å². The molecule has 4 nitrogen and oxygen atoms in total. The number of carbonyl (C=O) groups excluding carboxylic acids is 1. The molecule has 0 spiro atoms. The van der Waals surface area contributed by atoms with Crippen molar-refractivity contribution in [3.63, 3.8) is 0 Å². The number of nitrogens with one attached hydrogen (secondary N) is 2. The number of phenols is 1. The van der Waals surface area contributed by atoms with Crippen LogP contribution in [0.1, 0.15) is 25.7 Å². The summed E-state index contributed by atoms with van der Waals surface area (Å²) in [5.41, 5.74) is 0.688. The van der Waals surface area contributed by atoms with Gasteiger partial charge in [0, 0.05) is 11.7 Å². The Kier molecular flexibility index (Phi) is 3.29. The van der Waals surface area contributed by atoms with E-state index in [1.54, 1.807) is 24.3 Å². The van der Waals surface area contributed by atoms with E-state index in [4.69, 9.17) is 5.11 Å². The van der Waals surface area contributed by atoms with Gasteiger partial charge >= 0.3 is 6.03 Å². The molecule has 0 aliphatic heterocycles. The Bertz CT molecular complexity index is 356. The first kappa shape index (κ1) is 10.8. The normalized spacial score (nSPS) is 16.0. The molecule has 1 aromatic carbocycles. The second-order valence-electron chi connectivity index (χ2n) is 4.13. The summed E-state index contributed by atoms with van der Waals surface area (Å²) in [6, 6.07) is 6.58. The fourth-order valence-corrected chi connectivity index (χ4v) is 1.97. The molecular formula is C12H16N2O2. The van der Waals surface area contributed by atoms with Crippen LogP contribution in [0.3, 0.4) is 0 Å². The second kappa shape index (κ2) is 4.88. The summed E-state index contributed by atoms with van der Waals surface area (Å²) < 4.78 is 0. The van der Waals surface area contributed by atoms with E-state index >= 15 is 0 Å². The van der Waals surface area contributed by atoms with Crippen molar-refractivity contribution in [2.75, 3.05) is 5.32 Å². The molecule has 16 heavy (non-hydrogen) atoms. The Balaban J connectivity index is 1.84. The SMILES string of the molecule is O=C(Nc1ccc(O)cc1)NC1CCCC1. The largest absolute Gasteiger partial charge is 0.508 e. The van der Waals surface area contributed by atoms with Crippen molar-refractivity contribution in [1.29, 1.82) is 0 Å². The van der Waals surface area contributed by atoms with Crippen molar-refractivity contribution in [2.24, 2.45) is 0 Å². The lowest BCUT2D eigenvalue weighted by Gasteiger charge is -2.12. The number of hydrogen-bond acceptors (Lipinski definition) is 2. The van der Waals surface area contributed by atoms with Gasteiger partial charge in [-0.05, 0) is 37.1 Å². The maximum atomic E-state index is 11.6. The van der Waals surface area contributed by atoms with Crippen LogP contribution in [0.4, 0.5) is 10.5 Å². The Morgan fingerprint density at radius 2 is 1.81 bits per heavy atom. The molecule has 0 unspecified atom stereocenters. The quantitative estimate of drug-likeness (QED) is 0.670. The highest BCUT2D eigenvalue weighted by atomic mass is 16.3. The predicted octanol–water partition coefficient (Wildman–Crippen LogP) is 2.46. The molecule has 1 aromatic rings. The molecule has 4 heteroatoms. The molecule has 0 radical (unpaired) electrons. The molecule has 0 saturated heterocycles. The average Bonchev–Trinajstić information content (AvgIpc) is 2.74. The van der Waals surface area contributed by atoms with Crippen molar-refractivity contribution in [3.05, 3.63) is 24.3 Å². The summed E-state index contributed by atoms with van der Waals surface area (Å²) in [5, 5.41) is 14.8. The van der Waals surface area contributed by atoms with E-state index in [1.807, 2.05) is 0 Å². The molecule has 2 amide bonds. The predicted molar refractivity (Wildman–Crippen MR) is 62.5 cm³/mol. The lowest BCUT2D eigenvalue weighted by molar-refractivity contribution is 0.248. The number of anilines is 1. The Hall–Kier alpha value is -1.71. The van der Waals surface area contributed by atoms with Gasteiger partial charge in [-0.15, -0.1) is 0 Å². The first-order chi connectivity index (χ1) is 7.74. The molecule has 86 valence electrons. The van der Waals surface area contributed by atoms with Gasteiger partial charge in [-0.2, -0.15) is 0 Å². The maximum absolute atomic E-state index is 11.6. The van der Waals surface area contributed by atoms with Gasteiger partial charge in [0.25, 0.3) is 0 Å². The molecule has 1 aliphatic rings. The van der Waals surface area contributed by atoms with Crippen molar-refractivity contribution in [2.45, 2.75) is 31.7 Å². The fourth-order valence-electron chi connectivity index (χ4n) is 1.97. The Labute approximate surface area is 94.7 Å². The Morgan fingerprint density at radius 3 is 2.44 bits per heavy atom. The van der Waals surface area contributed by atoms with Crippen LogP contribution >= 0.6 is 0 Å². The third-order valence-corrected chi connectivity index (χ3v) is 2.82. The van der Waals surface area contributed by atoms with E-state index in [0.717, 1.165) is 12.8 Å². The molecule has 0 heterocycles. The third-order valence-electron chi connectivity index (χ3n) is 2.82. The summed E-state index contributed by atoms with van der Waals surface area (Å²) in [5.74, 6) is 0.196. The summed E-state index contributed by atoms with van der Waals surface area (Å²) in [6.07, 6.45) is 4.54. The number of aromatic hydroxyl groups is 1. The second-order valence-corrected chi connectivity index (χ2v) is 4.13.